The smallest absolute Gasteiger partial charge is 0.461 e. The molecule has 2 atom stereocenters. The molecule has 6 rings (SSSR count). The zero-order chi connectivity index (χ0) is 24.3. The number of fused-ring (bicyclic) bond motifs is 2. The van der Waals surface area contributed by atoms with Gasteiger partial charge in [0, 0.05) is 17.1 Å². The van der Waals surface area contributed by atoms with E-state index in [1.54, 1.807) is 0 Å². The summed E-state index contributed by atoms with van der Waals surface area (Å²) in [6, 6.07) is 17.1. The fourth-order valence-electron chi connectivity index (χ4n) is 5.61. The van der Waals surface area contributed by atoms with Gasteiger partial charge in [-0.25, -0.2) is 0 Å². The van der Waals surface area contributed by atoms with Gasteiger partial charge in [-0.05, 0) is 69.4 Å². The molecule has 1 fully saturated rings. The number of hydrogen-bond donors (Lipinski definition) is 0. The summed E-state index contributed by atoms with van der Waals surface area (Å²) >= 11 is 0. The number of allylic oxidation sites excluding steroid dienone is 8. The molecular weight excluding hydrogens is 431 g/mol. The predicted molar refractivity (Wildman–Crippen MR) is 140 cm³/mol. The van der Waals surface area contributed by atoms with Crippen LogP contribution in [0.25, 0.3) is 0 Å². The van der Waals surface area contributed by atoms with Crippen LogP contribution in [-0.4, -0.2) is 18.3 Å². The van der Waals surface area contributed by atoms with Crippen LogP contribution in [0.5, 0.6) is 5.75 Å². The summed E-state index contributed by atoms with van der Waals surface area (Å²) < 4.78 is 19.1. The minimum absolute atomic E-state index is 0.108. The van der Waals surface area contributed by atoms with E-state index >= 15 is 0 Å². The topological polar surface area (TPSA) is 27.7 Å². The van der Waals surface area contributed by atoms with Crippen LogP contribution in [0.15, 0.2) is 108 Å². The lowest BCUT2D eigenvalue weighted by molar-refractivity contribution is 0.00578. The SMILES string of the molecule is CC1(C)OB(c2ccc(C3(C4=C=C=CC=C4)c4ccccc4OC4=CC=CCC43)cc2)OC1(C)C. The second-order valence-electron chi connectivity index (χ2n) is 10.6. The second-order valence-corrected chi connectivity index (χ2v) is 10.6. The third-order valence-electron chi connectivity index (χ3n) is 8.14. The van der Waals surface area contributed by atoms with Crippen LogP contribution in [-0.2, 0) is 14.7 Å². The van der Waals surface area contributed by atoms with Crippen LogP contribution in [0.2, 0.25) is 0 Å². The number of hydrogen-bond acceptors (Lipinski definition) is 3. The second kappa shape index (κ2) is 7.88. The van der Waals surface area contributed by atoms with Crippen molar-refractivity contribution in [3.63, 3.8) is 0 Å². The maximum Gasteiger partial charge on any atom is 0.494 e. The first-order valence-electron chi connectivity index (χ1n) is 12.3. The van der Waals surface area contributed by atoms with Crippen molar-refractivity contribution in [3.05, 3.63) is 119 Å². The quantitative estimate of drug-likeness (QED) is 0.420. The summed E-state index contributed by atoms with van der Waals surface area (Å²) in [5.41, 5.74) is 9.91. The van der Waals surface area contributed by atoms with Gasteiger partial charge in [-0.2, -0.15) is 0 Å². The Kier molecular flexibility index (Phi) is 5.01. The average molecular weight is 460 g/mol. The highest BCUT2D eigenvalue weighted by Gasteiger charge is 2.53. The van der Waals surface area contributed by atoms with E-state index in [1.165, 1.54) is 5.56 Å². The Labute approximate surface area is 207 Å². The third-order valence-corrected chi connectivity index (χ3v) is 8.14. The monoisotopic (exact) mass is 460 g/mol. The van der Waals surface area contributed by atoms with Crippen molar-refractivity contribution >= 4 is 12.6 Å². The van der Waals surface area contributed by atoms with Gasteiger partial charge in [0.2, 0.25) is 0 Å². The van der Waals surface area contributed by atoms with Crippen LogP contribution >= 0.6 is 0 Å². The molecule has 174 valence electrons. The molecule has 2 heterocycles. The number of benzene rings is 2. The third kappa shape index (κ3) is 3.30. The van der Waals surface area contributed by atoms with Gasteiger partial charge in [0.15, 0.2) is 0 Å². The van der Waals surface area contributed by atoms with Gasteiger partial charge in [-0.3, -0.25) is 0 Å². The van der Waals surface area contributed by atoms with E-state index in [2.05, 4.69) is 106 Å². The first-order chi connectivity index (χ1) is 16.8. The van der Waals surface area contributed by atoms with Gasteiger partial charge in [0.25, 0.3) is 0 Å². The molecule has 2 aliphatic carbocycles. The standard InChI is InChI=1S/C31H29BO3/c1-29(2)30(3,4)35-32(34-29)24-20-18-23(19-21-24)31(22-12-6-5-7-13-22)25-14-8-10-16-27(25)33-28-17-11-9-15-26(28)31/h5-6,8-12,14,16-21,26H,15H2,1-4H3. The molecule has 0 bridgehead atoms. The predicted octanol–water partition coefficient (Wildman–Crippen LogP) is 5.93. The van der Waals surface area contributed by atoms with Crippen molar-refractivity contribution in [2.24, 2.45) is 5.92 Å². The minimum Gasteiger partial charge on any atom is -0.461 e. The molecule has 0 aromatic heterocycles. The van der Waals surface area contributed by atoms with E-state index in [9.17, 15) is 0 Å². The van der Waals surface area contributed by atoms with E-state index in [4.69, 9.17) is 14.0 Å². The van der Waals surface area contributed by atoms with E-state index in [0.717, 1.165) is 34.5 Å². The Bertz CT molecular complexity index is 1360. The summed E-state index contributed by atoms with van der Waals surface area (Å²) in [4.78, 5) is 0. The fraction of sp³-hybridized carbons (Fsp3) is 0.290. The molecule has 0 saturated carbocycles. The van der Waals surface area contributed by atoms with Crippen molar-refractivity contribution in [2.45, 2.75) is 50.7 Å². The zero-order valence-electron chi connectivity index (χ0n) is 20.7. The maximum atomic E-state index is 6.43. The normalized spacial score (nSPS) is 27.1. The van der Waals surface area contributed by atoms with E-state index in [0.29, 0.717) is 0 Å². The van der Waals surface area contributed by atoms with Crippen molar-refractivity contribution < 1.29 is 14.0 Å². The molecule has 4 heteroatoms. The van der Waals surface area contributed by atoms with Crippen LogP contribution in [0, 0.1) is 5.92 Å². The fourth-order valence-corrected chi connectivity index (χ4v) is 5.61. The van der Waals surface area contributed by atoms with E-state index < -0.39 is 12.5 Å². The van der Waals surface area contributed by atoms with Gasteiger partial charge < -0.3 is 14.0 Å². The van der Waals surface area contributed by atoms with Gasteiger partial charge in [0.05, 0.1) is 16.6 Å². The molecule has 35 heavy (non-hydrogen) atoms. The van der Waals surface area contributed by atoms with Crippen molar-refractivity contribution in [1.82, 2.24) is 0 Å². The van der Waals surface area contributed by atoms with Gasteiger partial charge >= 0.3 is 7.12 Å². The van der Waals surface area contributed by atoms with Gasteiger partial charge in [-0.15, -0.1) is 0 Å². The molecule has 0 amide bonds. The Morgan fingerprint density at radius 2 is 1.66 bits per heavy atom. The highest BCUT2D eigenvalue weighted by Crippen LogP contribution is 2.56. The average Bonchev–Trinajstić information content (AvgIpc) is 3.10. The van der Waals surface area contributed by atoms with Crippen molar-refractivity contribution in [2.75, 3.05) is 0 Å². The van der Waals surface area contributed by atoms with Crippen LogP contribution in [0.3, 0.4) is 0 Å². The highest BCUT2D eigenvalue weighted by atomic mass is 16.7. The van der Waals surface area contributed by atoms with Gasteiger partial charge in [-0.1, -0.05) is 72.2 Å². The molecule has 3 nitrogen and oxygen atoms in total. The summed E-state index contributed by atoms with van der Waals surface area (Å²) in [6.07, 6.45) is 13.4. The molecule has 2 unspecified atom stereocenters. The Hall–Kier alpha value is -3.26. The van der Waals surface area contributed by atoms with E-state index in [-0.39, 0.29) is 17.1 Å². The molecule has 0 radical (unpaired) electrons. The largest absolute Gasteiger partial charge is 0.494 e. The molecule has 0 N–H and O–H groups in total. The van der Waals surface area contributed by atoms with Crippen LogP contribution in [0.4, 0.5) is 0 Å². The Balaban J connectivity index is 1.53. The number of para-hydroxylation sites is 1. The summed E-state index contributed by atoms with van der Waals surface area (Å²) in [7, 11) is -0.392. The Morgan fingerprint density at radius 3 is 2.37 bits per heavy atom. The lowest BCUT2D eigenvalue weighted by Gasteiger charge is -2.47. The highest BCUT2D eigenvalue weighted by molar-refractivity contribution is 6.62. The first kappa shape index (κ1) is 22.2. The lowest BCUT2D eigenvalue weighted by Crippen LogP contribution is -2.44. The molecule has 1 saturated heterocycles. The maximum absolute atomic E-state index is 6.43. The molecule has 2 aliphatic heterocycles. The molecule has 2 aromatic rings. The van der Waals surface area contributed by atoms with Crippen LogP contribution < -0.4 is 10.2 Å². The lowest BCUT2D eigenvalue weighted by atomic mass is 9.57. The van der Waals surface area contributed by atoms with Gasteiger partial charge in [0.1, 0.15) is 11.5 Å². The summed E-state index contributed by atoms with van der Waals surface area (Å²) in [5, 5.41) is 0. The van der Waals surface area contributed by atoms with Crippen LogP contribution in [0.1, 0.15) is 45.2 Å². The minimum atomic E-state index is -0.461. The molecule has 0 spiro atoms. The Morgan fingerprint density at radius 1 is 0.914 bits per heavy atom. The van der Waals surface area contributed by atoms with E-state index in [1.807, 2.05) is 18.2 Å². The number of rotatable bonds is 3. The molecule has 4 aliphatic rings. The molecule has 2 aromatic carbocycles. The number of ether oxygens (including phenoxy) is 1. The van der Waals surface area contributed by atoms with Crippen molar-refractivity contribution in [3.8, 4) is 5.75 Å². The molecular formula is C31H29BO3. The van der Waals surface area contributed by atoms with Crippen molar-refractivity contribution in [1.29, 1.82) is 0 Å². The zero-order valence-corrected chi connectivity index (χ0v) is 20.7. The summed E-state index contributed by atoms with van der Waals surface area (Å²) in [5.74, 6) is 1.98. The first-order valence-corrected chi connectivity index (χ1v) is 12.3. The summed E-state index contributed by atoms with van der Waals surface area (Å²) in [6.45, 7) is 8.34.